The largest absolute Gasteiger partial charge is 0.466 e. The standard InChI is InChI=1S/C25H32O6/c1-4-29-21(28)16-12-14-11-15(26)5-8-22(14,2)25-18(30-25)13-23(3)17(20(16)25)6-9-24(23)10-7-19(27)31-24/h12,16-18,20H,4-11,13H2,1-3H3/t16-,17+,18-,20+,22+,23+,24-,25?/m1/s1. The fraction of sp³-hybridized carbons (Fsp3) is 0.800. The minimum atomic E-state index is -0.431. The summed E-state index contributed by atoms with van der Waals surface area (Å²) in [4.78, 5) is 37.7. The van der Waals surface area contributed by atoms with Gasteiger partial charge in [0, 0.05) is 36.0 Å². The van der Waals surface area contributed by atoms with Crippen LogP contribution >= 0.6 is 0 Å². The molecule has 31 heavy (non-hydrogen) atoms. The highest BCUT2D eigenvalue weighted by Gasteiger charge is 2.83. The first kappa shape index (κ1) is 20.0. The van der Waals surface area contributed by atoms with E-state index in [4.69, 9.17) is 14.2 Å². The van der Waals surface area contributed by atoms with Gasteiger partial charge in [-0.25, -0.2) is 0 Å². The van der Waals surface area contributed by atoms with E-state index in [2.05, 4.69) is 19.9 Å². The smallest absolute Gasteiger partial charge is 0.313 e. The third-order valence-corrected chi connectivity index (χ3v) is 10.2. The lowest BCUT2D eigenvalue weighted by Crippen LogP contribution is -2.62. The number of fused-ring (bicyclic) bond motifs is 4. The monoisotopic (exact) mass is 428 g/mol. The molecular formula is C25H32O6. The van der Waals surface area contributed by atoms with Crippen LogP contribution in [0.25, 0.3) is 0 Å². The van der Waals surface area contributed by atoms with E-state index in [1.54, 1.807) is 0 Å². The van der Waals surface area contributed by atoms with Crippen molar-refractivity contribution in [1.29, 1.82) is 0 Å². The molecule has 6 heteroatoms. The minimum absolute atomic E-state index is 0.00377. The second-order valence-electron chi connectivity index (χ2n) is 11.2. The third kappa shape index (κ3) is 2.20. The fourth-order valence-electron chi connectivity index (χ4n) is 8.70. The van der Waals surface area contributed by atoms with Gasteiger partial charge in [0.15, 0.2) is 0 Å². The van der Waals surface area contributed by atoms with Gasteiger partial charge in [-0.1, -0.05) is 25.5 Å². The number of carbonyl (C=O) groups excluding carboxylic acids is 3. The van der Waals surface area contributed by atoms with Crippen LogP contribution in [0.4, 0.5) is 0 Å². The summed E-state index contributed by atoms with van der Waals surface area (Å²) in [5, 5.41) is 0. The van der Waals surface area contributed by atoms with E-state index < -0.39 is 17.1 Å². The molecule has 168 valence electrons. The molecule has 8 atom stereocenters. The summed E-state index contributed by atoms with van der Waals surface area (Å²) < 4.78 is 18.3. The average Bonchev–Trinajstić information content (AvgIpc) is 3.20. The molecule has 5 fully saturated rings. The summed E-state index contributed by atoms with van der Waals surface area (Å²) in [7, 11) is 0. The molecule has 0 amide bonds. The Balaban J connectivity index is 1.49. The average molecular weight is 429 g/mol. The number of Topliss-reactive ketones (excluding diaryl/α,β-unsaturated/α-hetero) is 1. The summed E-state index contributed by atoms with van der Waals surface area (Å²) in [6, 6.07) is 0. The molecule has 2 heterocycles. The van der Waals surface area contributed by atoms with Crippen LogP contribution in [0.15, 0.2) is 11.6 Å². The van der Waals surface area contributed by atoms with Crippen molar-refractivity contribution in [3.8, 4) is 0 Å². The van der Waals surface area contributed by atoms with Crippen molar-refractivity contribution in [3.05, 3.63) is 11.6 Å². The maximum Gasteiger partial charge on any atom is 0.313 e. The molecule has 0 aromatic heterocycles. The summed E-state index contributed by atoms with van der Waals surface area (Å²) in [5.74, 6) is -0.245. The van der Waals surface area contributed by atoms with E-state index in [0.29, 0.717) is 25.9 Å². The van der Waals surface area contributed by atoms with Crippen LogP contribution in [-0.2, 0) is 28.6 Å². The Morgan fingerprint density at radius 2 is 2.00 bits per heavy atom. The second kappa shape index (κ2) is 6.00. The second-order valence-corrected chi connectivity index (χ2v) is 11.2. The lowest BCUT2D eigenvalue weighted by molar-refractivity contribution is -0.169. The highest BCUT2D eigenvalue weighted by atomic mass is 16.6. The predicted molar refractivity (Wildman–Crippen MR) is 110 cm³/mol. The van der Waals surface area contributed by atoms with Gasteiger partial charge in [-0.15, -0.1) is 0 Å². The highest BCUT2D eigenvalue weighted by Crippen LogP contribution is 2.77. The molecular weight excluding hydrogens is 396 g/mol. The first-order valence-electron chi connectivity index (χ1n) is 12.0. The van der Waals surface area contributed by atoms with Gasteiger partial charge in [-0.2, -0.15) is 0 Å². The highest BCUT2D eigenvalue weighted by molar-refractivity contribution is 5.84. The topological polar surface area (TPSA) is 82.2 Å². The molecule has 0 aromatic rings. The van der Waals surface area contributed by atoms with Crippen LogP contribution in [-0.4, -0.2) is 41.6 Å². The van der Waals surface area contributed by atoms with Crippen LogP contribution in [0.3, 0.4) is 0 Å². The van der Waals surface area contributed by atoms with Crippen LogP contribution in [0.2, 0.25) is 0 Å². The van der Waals surface area contributed by atoms with E-state index in [1.807, 2.05) is 6.92 Å². The lowest BCUT2D eigenvalue weighted by Gasteiger charge is -2.57. The number of esters is 2. The Morgan fingerprint density at radius 1 is 1.19 bits per heavy atom. The van der Waals surface area contributed by atoms with Crippen molar-refractivity contribution in [2.45, 2.75) is 89.4 Å². The molecule has 4 aliphatic carbocycles. The van der Waals surface area contributed by atoms with Crippen molar-refractivity contribution in [2.75, 3.05) is 6.61 Å². The Labute approximate surface area is 183 Å². The molecule has 0 bridgehead atoms. The van der Waals surface area contributed by atoms with Crippen molar-refractivity contribution in [2.24, 2.45) is 28.6 Å². The van der Waals surface area contributed by atoms with Gasteiger partial charge in [-0.05, 0) is 44.9 Å². The molecule has 2 saturated heterocycles. The molecule has 2 aliphatic heterocycles. The Morgan fingerprint density at radius 3 is 2.71 bits per heavy atom. The zero-order chi connectivity index (χ0) is 21.8. The normalized spacial score (nSPS) is 51.9. The molecule has 0 radical (unpaired) electrons. The molecule has 6 aliphatic rings. The predicted octanol–water partition coefficient (Wildman–Crippen LogP) is 3.51. The van der Waals surface area contributed by atoms with Gasteiger partial charge >= 0.3 is 11.9 Å². The van der Waals surface area contributed by atoms with Crippen LogP contribution in [0.5, 0.6) is 0 Å². The van der Waals surface area contributed by atoms with E-state index in [0.717, 1.165) is 37.7 Å². The van der Waals surface area contributed by atoms with E-state index in [9.17, 15) is 14.4 Å². The Bertz CT molecular complexity index is 923. The molecule has 6 rings (SSSR count). The summed E-state index contributed by atoms with van der Waals surface area (Å²) in [6.07, 6.45) is 7.77. The Hall–Kier alpha value is -1.69. The van der Waals surface area contributed by atoms with Crippen molar-refractivity contribution in [1.82, 2.24) is 0 Å². The zero-order valence-corrected chi connectivity index (χ0v) is 18.7. The maximum atomic E-state index is 13.2. The number of rotatable bonds is 2. The van der Waals surface area contributed by atoms with Crippen molar-refractivity contribution in [3.63, 3.8) is 0 Å². The van der Waals surface area contributed by atoms with Gasteiger partial charge in [0.25, 0.3) is 0 Å². The van der Waals surface area contributed by atoms with Crippen molar-refractivity contribution >= 4 is 17.7 Å². The SMILES string of the molecule is CCOC(=O)[C@@H]1C=C2CC(=O)CC[C@]2(C)C23O[C@@H]2C[C@@]2(C)[C@@H](CC[C@@]24CCC(=O)O4)[C@H]13. The van der Waals surface area contributed by atoms with Crippen LogP contribution < -0.4 is 0 Å². The first-order valence-corrected chi connectivity index (χ1v) is 12.0. The number of ether oxygens (including phenoxy) is 3. The quantitative estimate of drug-likeness (QED) is 0.380. The van der Waals surface area contributed by atoms with Crippen LogP contribution in [0.1, 0.15) is 72.1 Å². The van der Waals surface area contributed by atoms with Crippen molar-refractivity contribution < 1.29 is 28.6 Å². The van der Waals surface area contributed by atoms with Gasteiger partial charge in [-0.3, -0.25) is 14.4 Å². The van der Waals surface area contributed by atoms with E-state index in [1.165, 1.54) is 0 Å². The molecule has 0 aromatic carbocycles. The molecule has 2 spiro atoms. The lowest BCUT2D eigenvalue weighted by atomic mass is 9.44. The molecule has 1 unspecified atom stereocenters. The van der Waals surface area contributed by atoms with Gasteiger partial charge in [0.05, 0.1) is 18.6 Å². The van der Waals surface area contributed by atoms with Gasteiger partial charge in [0.2, 0.25) is 0 Å². The summed E-state index contributed by atoms with van der Waals surface area (Å²) in [5.41, 5.74) is -0.189. The molecule has 0 N–H and O–H groups in total. The zero-order valence-electron chi connectivity index (χ0n) is 18.7. The maximum absolute atomic E-state index is 13.2. The van der Waals surface area contributed by atoms with E-state index >= 15 is 0 Å². The molecule has 3 saturated carbocycles. The van der Waals surface area contributed by atoms with E-state index in [-0.39, 0.29) is 46.5 Å². The fourth-order valence-corrected chi connectivity index (χ4v) is 8.70. The number of carbonyl (C=O) groups is 3. The molecule has 6 nitrogen and oxygen atoms in total. The summed E-state index contributed by atoms with van der Waals surface area (Å²) in [6.45, 7) is 6.69. The third-order valence-electron chi connectivity index (χ3n) is 10.2. The van der Waals surface area contributed by atoms with Crippen LogP contribution in [0, 0.1) is 28.6 Å². The number of hydrogen-bond acceptors (Lipinski definition) is 6. The number of ketones is 1. The first-order chi connectivity index (χ1) is 14.7. The summed E-state index contributed by atoms with van der Waals surface area (Å²) >= 11 is 0. The number of hydrogen-bond donors (Lipinski definition) is 0. The number of epoxide rings is 1. The Kier molecular flexibility index (Phi) is 3.86. The van der Waals surface area contributed by atoms with Gasteiger partial charge < -0.3 is 14.2 Å². The minimum Gasteiger partial charge on any atom is -0.466 e. The van der Waals surface area contributed by atoms with Gasteiger partial charge in [0.1, 0.15) is 17.0 Å².